The number of halogens is 2. The molecular weight excluding hydrogens is 656 g/mol. The average Bonchev–Trinajstić information content (AvgIpc) is 2.87. The number of rotatable bonds is 16. The minimum atomic E-state index is 0. The maximum atomic E-state index is 2.54. The molecule has 0 bridgehead atoms. The van der Waals surface area contributed by atoms with Gasteiger partial charge in [0, 0.05) is 30.9 Å². The highest BCUT2D eigenvalue weighted by Crippen LogP contribution is 2.18. The Morgan fingerprint density at radius 2 is 1.17 bits per heavy atom. The molecule has 1 aromatic heterocycles. The fraction of sp³-hybridized carbons (Fsp3) is 0.567. The lowest BCUT2D eigenvalue weighted by Crippen LogP contribution is -3.00. The monoisotopic (exact) mass is 705 g/mol. The predicted molar refractivity (Wildman–Crippen MR) is 145 cm³/mol. The standard InChI is InChI=1S/C30H49N3.2HI/c1-6-11-23-32(24-12-7-2)30-18-16-28(17-19-30)14-15-29-20-25-31(26-21-29)22-13-27-33(8-3,9-4)10-5;;/h14-21,25-26H,6-13,22-24,27H2,1-5H3;2*1H/q+2;;/p-2. The SMILES string of the molecule is CCCCN(CCCC)c1ccc(/C=C/c2cc[n+](CCC[N+](CC)(CC)CC)cc2)cc1.[I-].[I-]. The second kappa shape index (κ2) is 19.4. The second-order valence-electron chi connectivity index (χ2n) is 9.36. The van der Waals surface area contributed by atoms with Crippen molar-refractivity contribution >= 4 is 17.8 Å². The van der Waals surface area contributed by atoms with Gasteiger partial charge in [-0.3, -0.25) is 0 Å². The zero-order valence-electron chi connectivity index (χ0n) is 22.9. The van der Waals surface area contributed by atoms with Gasteiger partial charge in [-0.05, 0) is 56.9 Å². The highest BCUT2D eigenvalue weighted by atomic mass is 127. The van der Waals surface area contributed by atoms with Gasteiger partial charge in [-0.25, -0.2) is 4.57 Å². The van der Waals surface area contributed by atoms with E-state index in [9.17, 15) is 0 Å². The van der Waals surface area contributed by atoms with Crippen LogP contribution in [0, 0.1) is 0 Å². The lowest BCUT2D eigenvalue weighted by Gasteiger charge is -2.35. The summed E-state index contributed by atoms with van der Waals surface area (Å²) in [7, 11) is 0. The van der Waals surface area contributed by atoms with Crippen LogP contribution in [0.25, 0.3) is 12.2 Å². The first-order valence-corrected chi connectivity index (χ1v) is 13.5. The first-order chi connectivity index (χ1) is 16.1. The smallest absolute Gasteiger partial charge is 0.169 e. The largest absolute Gasteiger partial charge is 1.00 e. The summed E-state index contributed by atoms with van der Waals surface area (Å²) in [6.07, 6.45) is 15.1. The van der Waals surface area contributed by atoms with Gasteiger partial charge in [0.05, 0.1) is 32.6 Å². The van der Waals surface area contributed by atoms with E-state index in [1.54, 1.807) is 0 Å². The Hall–Kier alpha value is -0.670. The van der Waals surface area contributed by atoms with Gasteiger partial charge < -0.3 is 57.3 Å². The fourth-order valence-electron chi connectivity index (χ4n) is 4.52. The third kappa shape index (κ3) is 11.9. The summed E-state index contributed by atoms with van der Waals surface area (Å²) in [6.45, 7) is 19.9. The van der Waals surface area contributed by atoms with Crippen molar-refractivity contribution in [3.63, 3.8) is 0 Å². The summed E-state index contributed by atoms with van der Waals surface area (Å²) in [4.78, 5) is 2.54. The van der Waals surface area contributed by atoms with Crippen LogP contribution in [-0.2, 0) is 6.54 Å². The molecule has 0 aliphatic rings. The van der Waals surface area contributed by atoms with Crippen molar-refractivity contribution in [2.24, 2.45) is 0 Å². The summed E-state index contributed by atoms with van der Waals surface area (Å²) in [5.41, 5.74) is 3.87. The van der Waals surface area contributed by atoms with Crippen LogP contribution in [0.4, 0.5) is 5.69 Å². The highest BCUT2D eigenvalue weighted by molar-refractivity contribution is 5.70. The van der Waals surface area contributed by atoms with Crippen LogP contribution in [-0.4, -0.2) is 43.8 Å². The molecule has 0 aliphatic carbocycles. The number of benzene rings is 1. The van der Waals surface area contributed by atoms with E-state index in [1.807, 2.05) is 0 Å². The van der Waals surface area contributed by atoms with E-state index in [1.165, 1.54) is 79.6 Å². The number of nitrogens with zero attached hydrogens (tertiary/aromatic N) is 3. The second-order valence-corrected chi connectivity index (χ2v) is 9.36. The van der Waals surface area contributed by atoms with Gasteiger partial charge >= 0.3 is 0 Å². The number of aromatic nitrogens is 1. The van der Waals surface area contributed by atoms with Crippen LogP contribution < -0.4 is 57.4 Å². The Bertz CT molecular complexity index is 783. The molecule has 1 heterocycles. The van der Waals surface area contributed by atoms with Gasteiger partial charge in [0.25, 0.3) is 0 Å². The third-order valence-electron chi connectivity index (χ3n) is 7.27. The molecule has 3 nitrogen and oxygen atoms in total. The molecule has 2 aromatic rings. The molecule has 0 unspecified atom stereocenters. The van der Waals surface area contributed by atoms with Crippen molar-refractivity contribution in [3.05, 3.63) is 59.9 Å². The van der Waals surface area contributed by atoms with Crippen LogP contribution in [0.3, 0.4) is 0 Å². The van der Waals surface area contributed by atoms with Crippen molar-refractivity contribution in [1.29, 1.82) is 0 Å². The molecule has 5 heteroatoms. The van der Waals surface area contributed by atoms with Crippen LogP contribution >= 0.6 is 0 Å². The Balaban J connectivity index is 0.00000578. The van der Waals surface area contributed by atoms with Gasteiger partial charge in [0.1, 0.15) is 0 Å². The van der Waals surface area contributed by atoms with Crippen molar-refractivity contribution < 1.29 is 57.0 Å². The number of anilines is 1. The summed E-state index contributed by atoms with van der Waals surface area (Å²) < 4.78 is 3.55. The summed E-state index contributed by atoms with van der Waals surface area (Å²) in [5.74, 6) is 0. The van der Waals surface area contributed by atoms with Crippen LogP contribution in [0.1, 0.15) is 77.8 Å². The van der Waals surface area contributed by atoms with E-state index in [2.05, 4.69) is 105 Å². The minimum absolute atomic E-state index is 0. The average molecular weight is 706 g/mol. The van der Waals surface area contributed by atoms with Gasteiger partial charge in [-0.2, -0.15) is 0 Å². The molecule has 198 valence electrons. The molecule has 35 heavy (non-hydrogen) atoms. The molecule has 0 spiro atoms. The zero-order valence-corrected chi connectivity index (χ0v) is 27.2. The van der Waals surface area contributed by atoms with Crippen LogP contribution in [0.2, 0.25) is 0 Å². The quantitative estimate of drug-likeness (QED) is 0.143. The van der Waals surface area contributed by atoms with Crippen molar-refractivity contribution in [2.45, 2.75) is 73.3 Å². The number of hydrogen-bond donors (Lipinski definition) is 0. The van der Waals surface area contributed by atoms with E-state index < -0.39 is 0 Å². The maximum Gasteiger partial charge on any atom is 0.169 e. The number of quaternary nitrogens is 1. The van der Waals surface area contributed by atoms with Crippen molar-refractivity contribution in [2.75, 3.05) is 44.2 Å². The normalized spacial score (nSPS) is 11.2. The van der Waals surface area contributed by atoms with E-state index in [0.717, 1.165) is 19.6 Å². The summed E-state index contributed by atoms with van der Waals surface area (Å²) in [5, 5.41) is 0. The van der Waals surface area contributed by atoms with E-state index in [4.69, 9.17) is 0 Å². The molecule has 0 amide bonds. The Kier molecular flexibility index (Phi) is 19.1. The number of aryl methyl sites for hydroxylation is 1. The van der Waals surface area contributed by atoms with Crippen molar-refractivity contribution in [1.82, 2.24) is 0 Å². The number of hydrogen-bond acceptors (Lipinski definition) is 1. The molecule has 0 aliphatic heterocycles. The summed E-state index contributed by atoms with van der Waals surface area (Å²) >= 11 is 0. The van der Waals surface area contributed by atoms with Gasteiger partial charge in [0.2, 0.25) is 0 Å². The van der Waals surface area contributed by atoms with E-state index >= 15 is 0 Å². The fourth-order valence-corrected chi connectivity index (χ4v) is 4.52. The zero-order chi connectivity index (χ0) is 23.9. The molecule has 0 N–H and O–H groups in total. The molecule has 0 radical (unpaired) electrons. The lowest BCUT2D eigenvalue weighted by atomic mass is 10.1. The first-order valence-electron chi connectivity index (χ1n) is 13.5. The molecule has 0 saturated heterocycles. The van der Waals surface area contributed by atoms with Gasteiger partial charge in [-0.1, -0.05) is 51.0 Å². The molecule has 1 aromatic carbocycles. The molecular formula is C30H49I2N3. The number of unbranched alkanes of at least 4 members (excludes halogenated alkanes) is 2. The summed E-state index contributed by atoms with van der Waals surface area (Å²) in [6, 6.07) is 13.5. The topological polar surface area (TPSA) is 7.12 Å². The molecule has 0 fully saturated rings. The minimum Gasteiger partial charge on any atom is -1.00 e. The van der Waals surface area contributed by atoms with E-state index in [-0.39, 0.29) is 48.0 Å². The molecule has 2 rings (SSSR count). The maximum absolute atomic E-state index is 2.54. The van der Waals surface area contributed by atoms with Crippen LogP contribution in [0.5, 0.6) is 0 Å². The Morgan fingerprint density at radius 3 is 1.63 bits per heavy atom. The highest BCUT2D eigenvalue weighted by Gasteiger charge is 2.20. The molecule has 0 saturated carbocycles. The lowest BCUT2D eigenvalue weighted by molar-refractivity contribution is -0.925. The number of pyridine rings is 1. The van der Waals surface area contributed by atoms with Gasteiger partial charge in [0.15, 0.2) is 18.9 Å². The Labute approximate surface area is 250 Å². The van der Waals surface area contributed by atoms with Crippen LogP contribution in [0.15, 0.2) is 48.8 Å². The van der Waals surface area contributed by atoms with Gasteiger partial charge in [-0.15, -0.1) is 0 Å². The van der Waals surface area contributed by atoms with Crippen molar-refractivity contribution in [3.8, 4) is 0 Å². The predicted octanol–water partition coefficient (Wildman–Crippen LogP) is 0.826. The first kappa shape index (κ1) is 34.3. The third-order valence-corrected chi connectivity index (χ3v) is 7.27. The molecule has 0 atom stereocenters. The Morgan fingerprint density at radius 1 is 0.686 bits per heavy atom. The van der Waals surface area contributed by atoms with E-state index in [0.29, 0.717) is 0 Å².